The van der Waals surface area contributed by atoms with Crippen LogP contribution in [0.2, 0.25) is 0 Å². The van der Waals surface area contributed by atoms with Crippen LogP contribution in [0.1, 0.15) is 33.9 Å². The van der Waals surface area contributed by atoms with E-state index in [0.717, 1.165) is 6.42 Å². The topological polar surface area (TPSA) is 55.1 Å². The molecule has 1 unspecified atom stereocenters. The number of carbonyl (C=O) groups excluding carboxylic acids is 1. The highest BCUT2D eigenvalue weighted by Gasteiger charge is 2.17. The van der Waals surface area contributed by atoms with Crippen LogP contribution in [0.3, 0.4) is 0 Å². The molecule has 5 heteroatoms. The van der Waals surface area contributed by atoms with E-state index in [1.54, 1.807) is 17.4 Å². The first-order valence-electron chi connectivity index (χ1n) is 5.39. The molecule has 0 saturated carbocycles. The molecular weight excluding hydrogens is 252 g/mol. The van der Waals surface area contributed by atoms with Gasteiger partial charge in [0.15, 0.2) is 0 Å². The highest BCUT2D eigenvalue weighted by molar-refractivity contribution is 7.12. The second kappa shape index (κ2) is 5.33. The monoisotopic (exact) mass is 266 g/mol. The number of rotatable bonds is 4. The van der Waals surface area contributed by atoms with Crippen molar-refractivity contribution in [3.63, 3.8) is 0 Å². The standard InChI is InChI=1S/C12H14N2OS2/c1-2-9(10-4-3-6-16-10)14-12(15)11-8(13)5-7-17-11/h3-7,9H,2,13H2,1H3,(H,14,15). The first-order valence-corrected chi connectivity index (χ1v) is 7.15. The number of hydrogen-bond acceptors (Lipinski definition) is 4. The van der Waals surface area contributed by atoms with E-state index in [-0.39, 0.29) is 11.9 Å². The van der Waals surface area contributed by atoms with Crippen molar-refractivity contribution in [2.45, 2.75) is 19.4 Å². The van der Waals surface area contributed by atoms with E-state index >= 15 is 0 Å². The molecule has 0 aromatic carbocycles. The van der Waals surface area contributed by atoms with E-state index in [1.165, 1.54) is 16.2 Å². The van der Waals surface area contributed by atoms with Crippen molar-refractivity contribution in [1.29, 1.82) is 0 Å². The molecule has 1 amide bonds. The zero-order valence-electron chi connectivity index (χ0n) is 9.47. The van der Waals surface area contributed by atoms with Gasteiger partial charge in [0.25, 0.3) is 5.91 Å². The minimum absolute atomic E-state index is 0.0731. The van der Waals surface area contributed by atoms with Gasteiger partial charge in [0.1, 0.15) is 4.88 Å². The van der Waals surface area contributed by atoms with Crippen molar-refractivity contribution in [3.8, 4) is 0 Å². The van der Waals surface area contributed by atoms with Gasteiger partial charge >= 0.3 is 0 Å². The summed E-state index contributed by atoms with van der Waals surface area (Å²) in [5, 5.41) is 6.86. The van der Waals surface area contributed by atoms with E-state index in [4.69, 9.17) is 5.73 Å². The Morgan fingerprint density at radius 1 is 1.41 bits per heavy atom. The van der Waals surface area contributed by atoms with Crippen LogP contribution in [-0.2, 0) is 0 Å². The molecule has 2 heterocycles. The number of nitrogen functional groups attached to an aromatic ring is 1. The molecule has 2 aromatic rings. The Balaban J connectivity index is 2.10. The predicted octanol–water partition coefficient (Wildman–Crippen LogP) is 3.27. The predicted molar refractivity (Wildman–Crippen MR) is 73.5 cm³/mol. The zero-order valence-corrected chi connectivity index (χ0v) is 11.1. The summed E-state index contributed by atoms with van der Waals surface area (Å²) in [5.41, 5.74) is 6.28. The van der Waals surface area contributed by atoms with Gasteiger partial charge in [0.2, 0.25) is 0 Å². The minimum atomic E-state index is -0.0854. The lowest BCUT2D eigenvalue weighted by atomic mass is 10.2. The summed E-state index contributed by atoms with van der Waals surface area (Å²) in [6.45, 7) is 2.06. The van der Waals surface area contributed by atoms with E-state index in [9.17, 15) is 4.79 Å². The molecule has 0 spiro atoms. The Labute approximate surface area is 108 Å². The van der Waals surface area contributed by atoms with E-state index in [0.29, 0.717) is 10.6 Å². The molecular formula is C12H14N2OS2. The minimum Gasteiger partial charge on any atom is -0.397 e. The van der Waals surface area contributed by atoms with Gasteiger partial charge in [0, 0.05) is 4.88 Å². The quantitative estimate of drug-likeness (QED) is 0.892. The van der Waals surface area contributed by atoms with Crippen LogP contribution >= 0.6 is 22.7 Å². The fourth-order valence-corrected chi connectivity index (χ4v) is 3.17. The van der Waals surface area contributed by atoms with Gasteiger partial charge in [-0.05, 0) is 29.3 Å². The molecule has 3 nitrogen and oxygen atoms in total. The molecule has 0 bridgehead atoms. The van der Waals surface area contributed by atoms with E-state index in [1.807, 2.05) is 22.9 Å². The van der Waals surface area contributed by atoms with Crippen molar-refractivity contribution in [1.82, 2.24) is 5.32 Å². The van der Waals surface area contributed by atoms with Crippen molar-refractivity contribution in [3.05, 3.63) is 38.7 Å². The Hall–Kier alpha value is -1.33. The molecule has 3 N–H and O–H groups in total. The van der Waals surface area contributed by atoms with Crippen LogP contribution in [0.15, 0.2) is 29.0 Å². The molecule has 0 fully saturated rings. The summed E-state index contributed by atoms with van der Waals surface area (Å²) in [4.78, 5) is 13.8. The number of anilines is 1. The average Bonchev–Trinajstić information content (AvgIpc) is 2.96. The molecule has 17 heavy (non-hydrogen) atoms. The lowest BCUT2D eigenvalue weighted by Crippen LogP contribution is -2.27. The van der Waals surface area contributed by atoms with Crippen LogP contribution < -0.4 is 11.1 Å². The number of hydrogen-bond donors (Lipinski definition) is 2. The number of nitrogens with two attached hydrogens (primary N) is 1. The third-order valence-electron chi connectivity index (χ3n) is 2.50. The van der Waals surface area contributed by atoms with Crippen LogP contribution in [-0.4, -0.2) is 5.91 Å². The summed E-state index contributed by atoms with van der Waals surface area (Å²) >= 11 is 3.03. The van der Waals surface area contributed by atoms with Crippen LogP contribution in [0.4, 0.5) is 5.69 Å². The summed E-state index contributed by atoms with van der Waals surface area (Å²) < 4.78 is 0. The third-order valence-corrected chi connectivity index (χ3v) is 4.42. The molecule has 1 atom stereocenters. The second-order valence-electron chi connectivity index (χ2n) is 3.65. The molecule has 2 aromatic heterocycles. The molecule has 0 aliphatic heterocycles. The lowest BCUT2D eigenvalue weighted by Gasteiger charge is -2.15. The number of carbonyl (C=O) groups is 1. The number of amides is 1. The van der Waals surface area contributed by atoms with Crippen molar-refractivity contribution >= 4 is 34.3 Å². The van der Waals surface area contributed by atoms with Crippen LogP contribution in [0, 0.1) is 0 Å². The number of nitrogens with one attached hydrogen (secondary N) is 1. The zero-order chi connectivity index (χ0) is 12.3. The highest BCUT2D eigenvalue weighted by Crippen LogP contribution is 2.24. The summed E-state index contributed by atoms with van der Waals surface area (Å²) in [6, 6.07) is 5.86. The lowest BCUT2D eigenvalue weighted by molar-refractivity contribution is 0.0941. The van der Waals surface area contributed by atoms with Gasteiger partial charge < -0.3 is 11.1 Å². The largest absolute Gasteiger partial charge is 0.397 e. The Bertz CT molecular complexity index is 490. The molecule has 0 aliphatic rings. The maximum atomic E-state index is 12.0. The van der Waals surface area contributed by atoms with E-state index < -0.39 is 0 Å². The fraction of sp³-hybridized carbons (Fsp3) is 0.250. The van der Waals surface area contributed by atoms with Crippen molar-refractivity contribution in [2.24, 2.45) is 0 Å². The van der Waals surface area contributed by atoms with E-state index in [2.05, 4.69) is 12.2 Å². The van der Waals surface area contributed by atoms with Gasteiger partial charge in [-0.1, -0.05) is 13.0 Å². The Morgan fingerprint density at radius 3 is 2.76 bits per heavy atom. The average molecular weight is 266 g/mol. The van der Waals surface area contributed by atoms with Gasteiger partial charge in [-0.2, -0.15) is 0 Å². The van der Waals surface area contributed by atoms with Gasteiger partial charge in [0.05, 0.1) is 11.7 Å². The summed E-state index contributed by atoms with van der Waals surface area (Å²) in [6.07, 6.45) is 0.873. The van der Waals surface area contributed by atoms with Crippen LogP contribution in [0.25, 0.3) is 0 Å². The second-order valence-corrected chi connectivity index (χ2v) is 5.55. The fourth-order valence-electron chi connectivity index (χ4n) is 1.59. The SMILES string of the molecule is CCC(NC(=O)c1sccc1N)c1cccs1. The smallest absolute Gasteiger partial charge is 0.263 e. The van der Waals surface area contributed by atoms with Gasteiger partial charge in [-0.15, -0.1) is 22.7 Å². The first-order chi connectivity index (χ1) is 8.22. The number of thiophene rings is 2. The first kappa shape index (κ1) is 12.1. The maximum absolute atomic E-state index is 12.0. The molecule has 90 valence electrons. The summed E-state index contributed by atoms with van der Waals surface area (Å²) in [7, 11) is 0. The van der Waals surface area contributed by atoms with Gasteiger partial charge in [-0.3, -0.25) is 4.79 Å². The van der Waals surface area contributed by atoms with Crippen LogP contribution in [0.5, 0.6) is 0 Å². The Kier molecular flexibility index (Phi) is 3.81. The van der Waals surface area contributed by atoms with Crippen molar-refractivity contribution < 1.29 is 4.79 Å². The highest BCUT2D eigenvalue weighted by atomic mass is 32.1. The normalized spacial score (nSPS) is 12.3. The molecule has 0 aliphatic carbocycles. The maximum Gasteiger partial charge on any atom is 0.263 e. The summed E-state index contributed by atoms with van der Waals surface area (Å²) in [5.74, 6) is -0.0854. The molecule has 0 saturated heterocycles. The molecule has 2 rings (SSSR count). The Morgan fingerprint density at radius 2 is 2.24 bits per heavy atom. The third kappa shape index (κ3) is 2.68. The van der Waals surface area contributed by atoms with Gasteiger partial charge in [-0.25, -0.2) is 0 Å². The van der Waals surface area contributed by atoms with Crippen molar-refractivity contribution in [2.75, 3.05) is 5.73 Å². The molecule has 0 radical (unpaired) electrons.